The van der Waals surface area contributed by atoms with Crippen molar-refractivity contribution < 1.29 is 22.3 Å². The molecule has 1 atom stereocenters. The molecule has 1 aromatic carbocycles. The Labute approximate surface area is 127 Å². The number of nitrogens with two attached hydrogens (primary N) is 1. The van der Waals surface area contributed by atoms with Crippen molar-refractivity contribution in [1.82, 2.24) is 4.72 Å². The minimum absolute atomic E-state index is 0.00769. The molecule has 1 aromatic rings. The van der Waals surface area contributed by atoms with Gasteiger partial charge in [-0.15, -0.1) is 0 Å². The SMILES string of the molecule is NCc1cc(Cl)cc(S(=O)(=O)NCC2COCCO2)c1F. The first kappa shape index (κ1) is 16.6. The van der Waals surface area contributed by atoms with E-state index in [1.807, 2.05) is 0 Å². The maximum Gasteiger partial charge on any atom is 0.243 e. The van der Waals surface area contributed by atoms with E-state index in [4.69, 9.17) is 26.8 Å². The molecule has 0 aliphatic carbocycles. The Morgan fingerprint density at radius 3 is 2.81 bits per heavy atom. The lowest BCUT2D eigenvalue weighted by Crippen LogP contribution is -2.39. The van der Waals surface area contributed by atoms with Crippen LogP contribution in [-0.4, -0.2) is 40.9 Å². The van der Waals surface area contributed by atoms with E-state index < -0.39 is 26.8 Å². The number of ether oxygens (including phenoxy) is 2. The van der Waals surface area contributed by atoms with Gasteiger partial charge in [0.05, 0.1) is 25.9 Å². The molecule has 0 saturated carbocycles. The van der Waals surface area contributed by atoms with Gasteiger partial charge in [0, 0.05) is 23.7 Å². The highest BCUT2D eigenvalue weighted by molar-refractivity contribution is 7.89. The minimum atomic E-state index is -4.05. The molecule has 0 aromatic heterocycles. The van der Waals surface area contributed by atoms with Gasteiger partial charge in [-0.3, -0.25) is 0 Å². The Morgan fingerprint density at radius 2 is 2.19 bits per heavy atom. The molecule has 6 nitrogen and oxygen atoms in total. The van der Waals surface area contributed by atoms with Crippen molar-refractivity contribution in [2.45, 2.75) is 17.5 Å². The van der Waals surface area contributed by atoms with E-state index in [9.17, 15) is 12.8 Å². The molecule has 2 rings (SSSR count). The summed E-state index contributed by atoms with van der Waals surface area (Å²) in [6.07, 6.45) is -0.398. The summed E-state index contributed by atoms with van der Waals surface area (Å²) in [5.41, 5.74) is 5.41. The van der Waals surface area contributed by atoms with Gasteiger partial charge in [-0.2, -0.15) is 0 Å². The van der Waals surface area contributed by atoms with E-state index in [2.05, 4.69) is 4.72 Å². The monoisotopic (exact) mass is 338 g/mol. The fourth-order valence-corrected chi connectivity index (χ4v) is 3.41. The molecule has 1 aliphatic heterocycles. The van der Waals surface area contributed by atoms with E-state index >= 15 is 0 Å². The molecule has 0 bridgehead atoms. The second-order valence-corrected chi connectivity index (χ2v) is 6.67. The van der Waals surface area contributed by atoms with Crippen LogP contribution in [0.5, 0.6) is 0 Å². The van der Waals surface area contributed by atoms with E-state index in [1.165, 1.54) is 6.07 Å². The number of nitrogens with one attached hydrogen (secondary N) is 1. The van der Waals surface area contributed by atoms with Crippen LogP contribution >= 0.6 is 11.6 Å². The average molecular weight is 339 g/mol. The van der Waals surface area contributed by atoms with Crippen LogP contribution in [-0.2, 0) is 26.0 Å². The molecular weight excluding hydrogens is 323 g/mol. The second-order valence-electron chi connectivity index (χ2n) is 4.50. The van der Waals surface area contributed by atoms with Crippen molar-refractivity contribution in [3.05, 3.63) is 28.5 Å². The third-order valence-electron chi connectivity index (χ3n) is 2.97. The molecule has 1 aliphatic rings. The zero-order chi connectivity index (χ0) is 15.5. The topological polar surface area (TPSA) is 90.7 Å². The van der Waals surface area contributed by atoms with Crippen LogP contribution < -0.4 is 10.5 Å². The van der Waals surface area contributed by atoms with Crippen molar-refractivity contribution in [3.8, 4) is 0 Å². The van der Waals surface area contributed by atoms with E-state index in [0.717, 1.165) is 6.07 Å². The fraction of sp³-hybridized carbons (Fsp3) is 0.500. The zero-order valence-corrected chi connectivity index (χ0v) is 12.7. The second kappa shape index (κ2) is 6.99. The van der Waals surface area contributed by atoms with Crippen molar-refractivity contribution in [2.24, 2.45) is 5.73 Å². The highest BCUT2D eigenvalue weighted by atomic mass is 35.5. The van der Waals surface area contributed by atoms with Crippen molar-refractivity contribution >= 4 is 21.6 Å². The Morgan fingerprint density at radius 1 is 1.43 bits per heavy atom. The number of benzene rings is 1. The summed E-state index contributed by atoms with van der Waals surface area (Å²) in [6, 6.07) is 2.35. The fourth-order valence-electron chi connectivity index (χ4n) is 1.90. The number of hydrogen-bond donors (Lipinski definition) is 2. The van der Waals surface area contributed by atoms with Crippen LogP contribution in [0.3, 0.4) is 0 Å². The summed E-state index contributed by atoms with van der Waals surface area (Å²) in [6.45, 7) is 1.01. The smallest absolute Gasteiger partial charge is 0.243 e. The molecule has 1 heterocycles. The molecular formula is C12H16ClFN2O4S. The van der Waals surface area contributed by atoms with Crippen molar-refractivity contribution in [1.29, 1.82) is 0 Å². The Hall–Kier alpha value is -0.770. The first-order valence-corrected chi connectivity index (χ1v) is 8.17. The molecule has 1 saturated heterocycles. The van der Waals surface area contributed by atoms with Gasteiger partial charge in [-0.25, -0.2) is 17.5 Å². The Balaban J connectivity index is 2.17. The Bertz CT molecular complexity index is 606. The first-order chi connectivity index (χ1) is 9.94. The minimum Gasteiger partial charge on any atom is -0.376 e. The standard InChI is InChI=1S/C12H16ClFN2O4S/c13-9-3-8(5-15)12(14)11(4-9)21(17,18)16-6-10-7-19-1-2-20-10/h3-4,10,16H,1-2,5-7,15H2. The molecule has 21 heavy (non-hydrogen) atoms. The number of rotatable bonds is 5. The average Bonchev–Trinajstić information content (AvgIpc) is 2.48. The lowest BCUT2D eigenvalue weighted by molar-refractivity contribution is -0.0847. The summed E-state index contributed by atoms with van der Waals surface area (Å²) in [5, 5.41) is 0.106. The highest BCUT2D eigenvalue weighted by Gasteiger charge is 2.24. The molecule has 9 heteroatoms. The van der Waals surface area contributed by atoms with Gasteiger partial charge < -0.3 is 15.2 Å². The summed E-state index contributed by atoms with van der Waals surface area (Å²) in [4.78, 5) is -0.521. The van der Waals surface area contributed by atoms with Gasteiger partial charge in [0.2, 0.25) is 10.0 Å². The van der Waals surface area contributed by atoms with Crippen LogP contribution in [0.4, 0.5) is 4.39 Å². The zero-order valence-electron chi connectivity index (χ0n) is 11.1. The van der Waals surface area contributed by atoms with E-state index in [1.54, 1.807) is 0 Å². The maximum atomic E-state index is 14.1. The normalized spacial score (nSPS) is 19.7. The quantitative estimate of drug-likeness (QED) is 0.822. The summed E-state index contributed by atoms with van der Waals surface area (Å²) in [5.74, 6) is -0.893. The van der Waals surface area contributed by atoms with Crippen molar-refractivity contribution in [3.63, 3.8) is 0 Å². The lowest BCUT2D eigenvalue weighted by Gasteiger charge is -2.23. The number of sulfonamides is 1. The molecule has 1 fully saturated rings. The van der Waals surface area contributed by atoms with Gasteiger partial charge in [0.25, 0.3) is 0 Å². The van der Waals surface area contributed by atoms with Crippen LogP contribution in [0.1, 0.15) is 5.56 Å². The number of halogens is 2. The maximum absolute atomic E-state index is 14.1. The van der Waals surface area contributed by atoms with Crippen LogP contribution in [0.15, 0.2) is 17.0 Å². The van der Waals surface area contributed by atoms with Gasteiger partial charge in [-0.1, -0.05) is 11.6 Å². The molecule has 0 amide bonds. The molecule has 3 N–H and O–H groups in total. The third-order valence-corrected chi connectivity index (χ3v) is 4.62. The molecule has 1 unspecified atom stereocenters. The van der Waals surface area contributed by atoms with E-state index in [-0.39, 0.29) is 30.3 Å². The lowest BCUT2D eigenvalue weighted by atomic mass is 10.2. The van der Waals surface area contributed by atoms with Gasteiger partial charge in [-0.05, 0) is 12.1 Å². The van der Waals surface area contributed by atoms with Crippen molar-refractivity contribution in [2.75, 3.05) is 26.4 Å². The molecule has 118 valence electrons. The van der Waals surface area contributed by atoms with Crippen LogP contribution in [0.25, 0.3) is 0 Å². The van der Waals surface area contributed by atoms with Crippen LogP contribution in [0, 0.1) is 5.82 Å². The Kier molecular flexibility index (Phi) is 5.53. The van der Waals surface area contributed by atoms with Gasteiger partial charge in [0.15, 0.2) is 0 Å². The van der Waals surface area contributed by atoms with Gasteiger partial charge in [0.1, 0.15) is 10.7 Å². The molecule has 0 radical (unpaired) electrons. The highest BCUT2D eigenvalue weighted by Crippen LogP contribution is 2.23. The van der Waals surface area contributed by atoms with Crippen LogP contribution in [0.2, 0.25) is 5.02 Å². The molecule has 0 spiro atoms. The number of hydrogen-bond acceptors (Lipinski definition) is 5. The largest absolute Gasteiger partial charge is 0.376 e. The first-order valence-electron chi connectivity index (χ1n) is 6.31. The predicted molar refractivity (Wildman–Crippen MR) is 75.0 cm³/mol. The third kappa shape index (κ3) is 4.12. The summed E-state index contributed by atoms with van der Waals surface area (Å²) < 4.78 is 51.2. The summed E-state index contributed by atoms with van der Waals surface area (Å²) in [7, 11) is -4.05. The predicted octanol–water partition coefficient (Wildman–Crippen LogP) is 0.631. The van der Waals surface area contributed by atoms with E-state index in [0.29, 0.717) is 13.2 Å². The van der Waals surface area contributed by atoms with Gasteiger partial charge >= 0.3 is 0 Å². The summed E-state index contributed by atoms with van der Waals surface area (Å²) >= 11 is 5.80.